The lowest BCUT2D eigenvalue weighted by Crippen LogP contribution is -2.40. The average Bonchev–Trinajstić information content (AvgIpc) is 3.06. The number of carbonyl (C=O) groups is 3. The highest BCUT2D eigenvalue weighted by Gasteiger charge is 2.51. The number of esters is 3. The molecule has 26 heavy (non-hydrogen) atoms. The second-order valence-corrected chi connectivity index (χ2v) is 5.48. The maximum atomic E-state index is 11.5. The fraction of sp³-hybridized carbons (Fsp3) is 0.533. The van der Waals surface area contributed by atoms with Crippen LogP contribution < -0.4 is 0 Å². The van der Waals surface area contributed by atoms with E-state index < -0.39 is 48.2 Å². The summed E-state index contributed by atoms with van der Waals surface area (Å²) in [5.41, 5.74) is -0.211. The third-order valence-electron chi connectivity index (χ3n) is 3.45. The molecule has 0 spiro atoms. The van der Waals surface area contributed by atoms with Gasteiger partial charge in [-0.2, -0.15) is 10.2 Å². The normalized spacial score (nSPS) is 24.5. The maximum absolute atomic E-state index is 11.5. The molecule has 11 heteroatoms. The molecule has 0 unspecified atom stereocenters. The van der Waals surface area contributed by atoms with E-state index in [4.69, 9.17) is 24.2 Å². The number of nitrogens with one attached hydrogen (secondary N) is 1. The Balaban J connectivity index is 2.37. The maximum Gasteiger partial charge on any atom is 0.303 e. The molecule has 0 saturated carbocycles. The number of rotatable bonds is 5. The van der Waals surface area contributed by atoms with Crippen molar-refractivity contribution in [3.8, 4) is 11.9 Å². The molecule has 1 fully saturated rings. The predicted octanol–water partition coefficient (Wildman–Crippen LogP) is -0.147. The van der Waals surface area contributed by atoms with Crippen LogP contribution in [0.3, 0.4) is 0 Å². The minimum absolute atomic E-state index is 0.00669. The minimum atomic E-state index is -1.13. The SMILES string of the molecule is CC(=O)OC[C@H]1O[C@@H](c2nc(O)c(C#N)[nH]2)[C@H](OC(C)=O)[C@@H]1OC(C)=O. The summed E-state index contributed by atoms with van der Waals surface area (Å²) in [5, 5.41) is 18.6. The van der Waals surface area contributed by atoms with Crippen molar-refractivity contribution in [2.75, 3.05) is 6.61 Å². The molecule has 1 aromatic rings. The number of nitriles is 1. The van der Waals surface area contributed by atoms with Gasteiger partial charge in [-0.3, -0.25) is 14.4 Å². The molecular formula is C15H17N3O8. The van der Waals surface area contributed by atoms with Gasteiger partial charge in [0.15, 0.2) is 24.0 Å². The van der Waals surface area contributed by atoms with E-state index >= 15 is 0 Å². The van der Waals surface area contributed by atoms with Crippen LogP contribution in [0, 0.1) is 11.3 Å². The Morgan fingerprint density at radius 3 is 2.31 bits per heavy atom. The zero-order chi connectivity index (χ0) is 19.4. The van der Waals surface area contributed by atoms with Crippen LogP contribution in [0.1, 0.15) is 38.4 Å². The van der Waals surface area contributed by atoms with E-state index in [2.05, 4.69) is 9.97 Å². The van der Waals surface area contributed by atoms with Crippen molar-refractivity contribution in [2.24, 2.45) is 0 Å². The van der Waals surface area contributed by atoms with Gasteiger partial charge in [0.2, 0.25) is 5.88 Å². The van der Waals surface area contributed by atoms with Crippen molar-refractivity contribution < 1.29 is 38.4 Å². The van der Waals surface area contributed by atoms with Crippen LogP contribution in [0.2, 0.25) is 0 Å². The number of aromatic nitrogens is 2. The van der Waals surface area contributed by atoms with Crippen LogP contribution in [-0.2, 0) is 33.3 Å². The van der Waals surface area contributed by atoms with Crippen molar-refractivity contribution in [3.05, 3.63) is 11.5 Å². The van der Waals surface area contributed by atoms with Crippen LogP contribution in [0.5, 0.6) is 5.88 Å². The monoisotopic (exact) mass is 367 g/mol. The summed E-state index contributed by atoms with van der Waals surface area (Å²) in [4.78, 5) is 40.3. The van der Waals surface area contributed by atoms with E-state index in [1.165, 1.54) is 6.92 Å². The molecule has 0 amide bonds. The summed E-state index contributed by atoms with van der Waals surface area (Å²) in [7, 11) is 0. The lowest BCUT2D eigenvalue weighted by molar-refractivity contribution is -0.165. The number of hydrogen-bond acceptors (Lipinski definition) is 10. The van der Waals surface area contributed by atoms with Gasteiger partial charge in [0.25, 0.3) is 0 Å². The van der Waals surface area contributed by atoms with Crippen molar-refractivity contribution in [1.82, 2.24) is 9.97 Å². The van der Waals surface area contributed by atoms with Crippen molar-refractivity contribution >= 4 is 17.9 Å². The third-order valence-corrected chi connectivity index (χ3v) is 3.45. The average molecular weight is 367 g/mol. The molecule has 140 valence electrons. The van der Waals surface area contributed by atoms with Crippen molar-refractivity contribution in [1.29, 1.82) is 5.26 Å². The molecule has 0 aromatic carbocycles. The first-order valence-corrected chi connectivity index (χ1v) is 7.55. The van der Waals surface area contributed by atoms with E-state index in [1.807, 2.05) is 0 Å². The first kappa shape index (κ1) is 19.2. The Bertz CT molecular complexity index is 753. The Hall–Kier alpha value is -3.13. The van der Waals surface area contributed by atoms with Crippen LogP contribution in [0.25, 0.3) is 0 Å². The van der Waals surface area contributed by atoms with Gasteiger partial charge in [0.05, 0.1) is 0 Å². The third kappa shape index (κ3) is 4.28. The Morgan fingerprint density at radius 2 is 1.81 bits per heavy atom. The molecule has 1 saturated heterocycles. The number of H-pyrrole nitrogens is 1. The van der Waals surface area contributed by atoms with E-state index in [0.717, 1.165) is 13.8 Å². The van der Waals surface area contributed by atoms with E-state index in [-0.39, 0.29) is 18.1 Å². The van der Waals surface area contributed by atoms with Gasteiger partial charge in [0, 0.05) is 20.8 Å². The summed E-state index contributed by atoms with van der Waals surface area (Å²) < 4.78 is 21.0. The highest BCUT2D eigenvalue weighted by Crippen LogP contribution is 2.37. The van der Waals surface area contributed by atoms with Crippen molar-refractivity contribution in [3.63, 3.8) is 0 Å². The van der Waals surface area contributed by atoms with Crippen LogP contribution in [0.4, 0.5) is 0 Å². The number of hydrogen-bond donors (Lipinski definition) is 2. The summed E-state index contributed by atoms with van der Waals surface area (Å²) in [6.07, 6.45) is -4.25. The van der Waals surface area contributed by atoms with Crippen molar-refractivity contribution in [2.45, 2.75) is 45.2 Å². The number of ether oxygens (including phenoxy) is 4. The van der Waals surface area contributed by atoms with E-state index in [9.17, 15) is 19.5 Å². The molecule has 0 aliphatic carbocycles. The number of nitrogens with zero attached hydrogens (tertiary/aromatic N) is 2. The number of aromatic hydroxyl groups is 1. The largest absolute Gasteiger partial charge is 0.491 e. The summed E-state index contributed by atoms with van der Waals surface area (Å²) in [5.74, 6) is -2.48. The molecule has 2 N–H and O–H groups in total. The highest BCUT2D eigenvalue weighted by atomic mass is 16.6. The second-order valence-electron chi connectivity index (χ2n) is 5.48. The summed E-state index contributed by atoms with van der Waals surface area (Å²) in [6, 6.07) is 1.70. The number of aromatic amines is 1. The van der Waals surface area contributed by atoms with Gasteiger partial charge in [-0.25, -0.2) is 0 Å². The zero-order valence-corrected chi connectivity index (χ0v) is 14.2. The molecule has 0 radical (unpaired) electrons. The lowest BCUT2D eigenvalue weighted by Gasteiger charge is -2.22. The Labute approximate surface area is 147 Å². The first-order chi connectivity index (χ1) is 12.2. The van der Waals surface area contributed by atoms with Crippen LogP contribution in [0.15, 0.2) is 0 Å². The zero-order valence-electron chi connectivity index (χ0n) is 14.2. The molecule has 1 aliphatic heterocycles. The Kier molecular flexibility index (Phi) is 5.78. The van der Waals surface area contributed by atoms with Gasteiger partial charge >= 0.3 is 17.9 Å². The molecule has 1 aromatic heterocycles. The van der Waals surface area contributed by atoms with Crippen LogP contribution >= 0.6 is 0 Å². The van der Waals surface area contributed by atoms with Gasteiger partial charge < -0.3 is 29.0 Å². The van der Waals surface area contributed by atoms with Crippen LogP contribution in [-0.4, -0.2) is 57.9 Å². The molecular weight excluding hydrogens is 350 g/mol. The quantitative estimate of drug-likeness (QED) is 0.529. The first-order valence-electron chi connectivity index (χ1n) is 7.55. The van der Waals surface area contributed by atoms with Gasteiger partial charge in [-0.1, -0.05) is 0 Å². The fourth-order valence-corrected chi connectivity index (χ4v) is 2.53. The van der Waals surface area contributed by atoms with Gasteiger partial charge in [-0.05, 0) is 0 Å². The minimum Gasteiger partial charge on any atom is -0.491 e. The number of imidazole rings is 1. The van der Waals surface area contributed by atoms with Gasteiger partial charge in [0.1, 0.15) is 24.6 Å². The molecule has 2 rings (SSSR count). The standard InChI is InChI=1S/C15H17N3O8/c1-6(19)23-5-10-11(24-7(2)20)12(25-8(3)21)13(26-10)14-17-9(4-16)15(22)18-14/h10-13,22H,5H2,1-3H3,(H,17,18)/t10-,11-,12-,13-/m1/s1. The molecule has 1 aliphatic rings. The van der Waals surface area contributed by atoms with Gasteiger partial charge in [-0.15, -0.1) is 0 Å². The Morgan fingerprint density at radius 1 is 1.19 bits per heavy atom. The second kappa shape index (κ2) is 7.83. The summed E-state index contributed by atoms with van der Waals surface area (Å²) >= 11 is 0. The molecule has 11 nitrogen and oxygen atoms in total. The van der Waals surface area contributed by atoms with E-state index in [1.54, 1.807) is 6.07 Å². The highest BCUT2D eigenvalue weighted by molar-refractivity contribution is 5.68. The fourth-order valence-electron chi connectivity index (χ4n) is 2.53. The molecule has 2 heterocycles. The number of carbonyl (C=O) groups excluding carboxylic acids is 3. The van der Waals surface area contributed by atoms with E-state index in [0.29, 0.717) is 0 Å². The summed E-state index contributed by atoms with van der Waals surface area (Å²) in [6.45, 7) is 3.25. The smallest absolute Gasteiger partial charge is 0.303 e. The molecule has 4 atom stereocenters. The lowest BCUT2D eigenvalue weighted by atomic mass is 10.1. The molecule has 0 bridgehead atoms. The topological polar surface area (TPSA) is 161 Å². The predicted molar refractivity (Wildman–Crippen MR) is 80.3 cm³/mol.